The summed E-state index contributed by atoms with van der Waals surface area (Å²) < 4.78 is 7.04. The highest BCUT2D eigenvalue weighted by molar-refractivity contribution is 6.04. The van der Waals surface area contributed by atoms with Gasteiger partial charge in [-0.05, 0) is 29.8 Å². The molecule has 2 aromatic carbocycles. The molecule has 0 spiro atoms. The second-order valence-corrected chi connectivity index (χ2v) is 5.57. The van der Waals surface area contributed by atoms with E-state index in [4.69, 9.17) is 4.74 Å². The van der Waals surface area contributed by atoms with E-state index in [2.05, 4.69) is 15.1 Å². The number of rotatable bonds is 3. The van der Waals surface area contributed by atoms with Crippen LogP contribution in [0.4, 0.5) is 5.95 Å². The normalized spacial score (nSPS) is 16.4. The van der Waals surface area contributed by atoms with Crippen molar-refractivity contribution in [1.82, 2.24) is 14.8 Å². The average molecular weight is 320 g/mol. The smallest absolute Gasteiger partial charge is 0.248 e. The van der Waals surface area contributed by atoms with E-state index in [0.717, 1.165) is 22.6 Å². The topological polar surface area (TPSA) is 72.5 Å². The Balaban J connectivity index is 1.77. The average Bonchev–Trinajstić information content (AvgIpc) is 3.10. The summed E-state index contributed by atoms with van der Waals surface area (Å²) in [6.07, 6.45) is 2.13. The molecule has 1 N–H and O–H groups in total. The van der Waals surface area contributed by atoms with E-state index in [9.17, 15) is 5.11 Å². The highest BCUT2D eigenvalue weighted by atomic mass is 16.5. The first-order chi connectivity index (χ1) is 11.8. The predicted molar refractivity (Wildman–Crippen MR) is 90.1 cm³/mol. The maximum Gasteiger partial charge on any atom is 0.248 e. The lowest BCUT2D eigenvalue weighted by Crippen LogP contribution is -2.21. The maximum absolute atomic E-state index is 10.1. The van der Waals surface area contributed by atoms with Crippen molar-refractivity contribution >= 4 is 11.7 Å². The second kappa shape index (κ2) is 5.81. The third-order valence-electron chi connectivity index (χ3n) is 4.19. The van der Waals surface area contributed by atoms with Crippen molar-refractivity contribution < 1.29 is 9.84 Å². The van der Waals surface area contributed by atoms with Gasteiger partial charge in [0.15, 0.2) is 0 Å². The van der Waals surface area contributed by atoms with E-state index in [1.54, 1.807) is 19.2 Å². The van der Waals surface area contributed by atoms with Gasteiger partial charge in [-0.2, -0.15) is 10.1 Å². The number of ether oxygens (including phenoxy) is 1. The Morgan fingerprint density at radius 3 is 2.67 bits per heavy atom. The standard InChI is InChI=1S/C18H16N4O2/c1-24-13-8-6-12(7-9-13)16-10-15(14-4-2-3-5-17(14)23)21-18-19-11-20-22(16)18/h2-9,11,16,23H,10H2,1H3/t16-/m1/s1. The Labute approximate surface area is 139 Å². The van der Waals surface area contributed by atoms with Gasteiger partial charge < -0.3 is 9.84 Å². The third-order valence-corrected chi connectivity index (χ3v) is 4.19. The fraction of sp³-hybridized carbons (Fsp3) is 0.167. The van der Waals surface area contributed by atoms with Crippen LogP contribution < -0.4 is 4.74 Å². The summed E-state index contributed by atoms with van der Waals surface area (Å²) in [5.41, 5.74) is 2.62. The number of aromatic nitrogens is 3. The van der Waals surface area contributed by atoms with Crippen molar-refractivity contribution in [3.63, 3.8) is 0 Å². The molecule has 1 aliphatic heterocycles. The fourth-order valence-corrected chi connectivity index (χ4v) is 2.95. The lowest BCUT2D eigenvalue weighted by atomic mass is 9.95. The zero-order valence-corrected chi connectivity index (χ0v) is 13.1. The minimum atomic E-state index is -0.0273. The molecule has 0 fully saturated rings. The second-order valence-electron chi connectivity index (χ2n) is 5.57. The number of nitrogens with zero attached hydrogens (tertiary/aromatic N) is 4. The minimum absolute atomic E-state index is 0.0273. The molecule has 0 radical (unpaired) electrons. The highest BCUT2D eigenvalue weighted by Crippen LogP contribution is 2.34. The van der Waals surface area contributed by atoms with Gasteiger partial charge in [-0.1, -0.05) is 24.3 Å². The number of benzene rings is 2. The molecule has 3 aromatic rings. The molecule has 120 valence electrons. The summed E-state index contributed by atoms with van der Waals surface area (Å²) >= 11 is 0. The number of phenolic OH excluding ortho intramolecular Hbond substituents is 1. The SMILES string of the molecule is COc1ccc([C@H]2CC(c3ccccc3O)=Nc3ncnn32)cc1. The number of methoxy groups -OCH3 is 1. The van der Waals surface area contributed by atoms with Crippen LogP contribution in [0.1, 0.15) is 23.6 Å². The molecule has 1 aliphatic rings. The van der Waals surface area contributed by atoms with E-state index < -0.39 is 0 Å². The van der Waals surface area contributed by atoms with Crippen LogP contribution in [0.2, 0.25) is 0 Å². The summed E-state index contributed by atoms with van der Waals surface area (Å²) in [6, 6.07) is 15.1. The lowest BCUT2D eigenvalue weighted by molar-refractivity contribution is 0.414. The molecule has 6 heteroatoms. The zero-order valence-electron chi connectivity index (χ0n) is 13.1. The Morgan fingerprint density at radius 1 is 1.12 bits per heavy atom. The molecule has 0 aliphatic carbocycles. The van der Waals surface area contributed by atoms with Crippen LogP contribution in [0.15, 0.2) is 59.9 Å². The van der Waals surface area contributed by atoms with Gasteiger partial charge in [0, 0.05) is 12.0 Å². The quantitative estimate of drug-likeness (QED) is 0.805. The van der Waals surface area contributed by atoms with Gasteiger partial charge in [0.1, 0.15) is 17.8 Å². The molecule has 1 atom stereocenters. The van der Waals surface area contributed by atoms with Crippen molar-refractivity contribution in [3.05, 3.63) is 66.0 Å². The van der Waals surface area contributed by atoms with Gasteiger partial charge in [-0.15, -0.1) is 0 Å². The van der Waals surface area contributed by atoms with Gasteiger partial charge in [-0.3, -0.25) is 0 Å². The maximum atomic E-state index is 10.1. The van der Waals surface area contributed by atoms with Gasteiger partial charge in [0.05, 0.1) is 18.9 Å². The van der Waals surface area contributed by atoms with Crippen LogP contribution in [0.5, 0.6) is 11.5 Å². The van der Waals surface area contributed by atoms with Gasteiger partial charge >= 0.3 is 0 Å². The number of hydrogen-bond donors (Lipinski definition) is 1. The summed E-state index contributed by atoms with van der Waals surface area (Å²) in [4.78, 5) is 8.80. The number of phenols is 1. The molecule has 1 aromatic heterocycles. The first-order valence-corrected chi connectivity index (χ1v) is 7.65. The Morgan fingerprint density at radius 2 is 1.92 bits per heavy atom. The molecule has 4 rings (SSSR count). The fourth-order valence-electron chi connectivity index (χ4n) is 2.95. The number of aromatic hydroxyl groups is 1. The van der Waals surface area contributed by atoms with Gasteiger partial charge in [0.2, 0.25) is 5.95 Å². The molecule has 6 nitrogen and oxygen atoms in total. The summed E-state index contributed by atoms with van der Waals surface area (Å²) in [5, 5.41) is 14.5. The molecule has 0 bridgehead atoms. The van der Waals surface area contributed by atoms with Crippen molar-refractivity contribution in [3.8, 4) is 11.5 Å². The third kappa shape index (κ3) is 2.42. The Bertz CT molecular complexity index is 899. The molecule has 0 saturated carbocycles. The van der Waals surface area contributed by atoms with E-state index in [1.807, 2.05) is 41.1 Å². The van der Waals surface area contributed by atoms with Crippen molar-refractivity contribution in [2.75, 3.05) is 7.11 Å². The van der Waals surface area contributed by atoms with E-state index >= 15 is 0 Å². The van der Waals surface area contributed by atoms with Crippen LogP contribution >= 0.6 is 0 Å². The molecule has 24 heavy (non-hydrogen) atoms. The highest BCUT2D eigenvalue weighted by Gasteiger charge is 2.27. The van der Waals surface area contributed by atoms with Crippen LogP contribution in [-0.4, -0.2) is 32.7 Å². The number of hydrogen-bond acceptors (Lipinski definition) is 5. The monoisotopic (exact) mass is 320 g/mol. The van der Waals surface area contributed by atoms with Crippen molar-refractivity contribution in [1.29, 1.82) is 0 Å². The lowest BCUT2D eigenvalue weighted by Gasteiger charge is -2.24. The molecule has 0 amide bonds. The van der Waals surface area contributed by atoms with Gasteiger partial charge in [0.25, 0.3) is 0 Å². The summed E-state index contributed by atoms with van der Waals surface area (Å²) in [7, 11) is 1.65. The Hall–Kier alpha value is -3.15. The molecule has 0 saturated heterocycles. The molecular weight excluding hydrogens is 304 g/mol. The summed E-state index contributed by atoms with van der Waals surface area (Å²) in [6.45, 7) is 0. The van der Waals surface area contributed by atoms with Crippen LogP contribution in [0.3, 0.4) is 0 Å². The Kier molecular flexibility index (Phi) is 3.49. The molecular formula is C18H16N4O2. The number of aliphatic imine (C=N–C) groups is 1. The van der Waals surface area contributed by atoms with Crippen LogP contribution in [0, 0.1) is 0 Å². The molecule has 0 unspecified atom stereocenters. The molecule has 2 heterocycles. The largest absolute Gasteiger partial charge is 0.507 e. The van der Waals surface area contributed by atoms with Gasteiger partial charge in [-0.25, -0.2) is 9.67 Å². The zero-order chi connectivity index (χ0) is 16.5. The van der Waals surface area contributed by atoms with E-state index in [0.29, 0.717) is 12.4 Å². The number of para-hydroxylation sites is 1. The predicted octanol–water partition coefficient (Wildman–Crippen LogP) is 3.11. The number of fused-ring (bicyclic) bond motifs is 1. The van der Waals surface area contributed by atoms with Crippen molar-refractivity contribution in [2.24, 2.45) is 4.99 Å². The van der Waals surface area contributed by atoms with Crippen LogP contribution in [-0.2, 0) is 0 Å². The summed E-state index contributed by atoms with van der Waals surface area (Å²) in [5.74, 6) is 1.57. The van der Waals surface area contributed by atoms with Crippen LogP contribution in [0.25, 0.3) is 0 Å². The first kappa shape index (κ1) is 14.4. The first-order valence-electron chi connectivity index (χ1n) is 7.65. The van der Waals surface area contributed by atoms with E-state index in [-0.39, 0.29) is 11.8 Å². The minimum Gasteiger partial charge on any atom is -0.507 e. The van der Waals surface area contributed by atoms with E-state index in [1.165, 1.54) is 6.33 Å². The van der Waals surface area contributed by atoms with Crippen molar-refractivity contribution in [2.45, 2.75) is 12.5 Å².